The number of unbranched alkanes of at least 4 members (excludes halogenated alkanes) is 3. The van der Waals surface area contributed by atoms with E-state index in [0.29, 0.717) is 65.1 Å². The molecule has 4 aliphatic rings. The number of aliphatic hydroxyl groups excluding tert-OH is 1. The second-order valence-electron chi connectivity index (χ2n) is 10.8. The maximum Gasteiger partial charge on any atom is 0.310 e. The Morgan fingerprint density at radius 2 is 1.89 bits per heavy atom. The van der Waals surface area contributed by atoms with E-state index < -0.39 is 35.0 Å². The number of carboxylic acid groups (broad SMARTS) is 1. The molecule has 4 aliphatic heterocycles. The Labute approximate surface area is 213 Å². The standard InChI is InChI=1S/C26H41N3O7/c1-3-10-28(13-12-27-14-17-35-18-15-27)23(32)21-26-9-8-25(2,36-26)20(24(33)34)19(26)22(31)29(21)11-6-4-5-7-16-30/h3,19-21,30H,1,4-18H2,2H3,(H,33,34)/t19-,20-,21?,25+,26?/m0/s1. The van der Waals surface area contributed by atoms with Gasteiger partial charge in [0, 0.05) is 45.9 Å². The summed E-state index contributed by atoms with van der Waals surface area (Å²) in [7, 11) is 0. The van der Waals surface area contributed by atoms with E-state index >= 15 is 0 Å². The molecule has 10 heteroatoms. The quantitative estimate of drug-likeness (QED) is 0.277. The van der Waals surface area contributed by atoms with Crippen LogP contribution in [-0.2, 0) is 23.9 Å². The summed E-state index contributed by atoms with van der Waals surface area (Å²) in [6.45, 7) is 10.6. The fourth-order valence-electron chi connectivity index (χ4n) is 6.78. The summed E-state index contributed by atoms with van der Waals surface area (Å²) in [5, 5.41) is 19.1. The predicted octanol–water partition coefficient (Wildman–Crippen LogP) is 0.735. The minimum atomic E-state index is -1.12. The summed E-state index contributed by atoms with van der Waals surface area (Å²) in [5.41, 5.74) is -2.07. The van der Waals surface area contributed by atoms with Crippen molar-refractivity contribution < 1.29 is 34.1 Å². The van der Waals surface area contributed by atoms with Gasteiger partial charge in [0.25, 0.3) is 0 Å². The van der Waals surface area contributed by atoms with Crippen molar-refractivity contribution in [3.05, 3.63) is 12.7 Å². The second-order valence-corrected chi connectivity index (χ2v) is 10.8. The number of aliphatic hydroxyl groups is 1. The number of likely N-dealkylation sites (tertiary alicyclic amines) is 1. The van der Waals surface area contributed by atoms with Gasteiger partial charge >= 0.3 is 5.97 Å². The Bertz CT molecular complexity index is 847. The van der Waals surface area contributed by atoms with Crippen LogP contribution in [0.15, 0.2) is 12.7 Å². The van der Waals surface area contributed by atoms with Crippen LogP contribution in [0.2, 0.25) is 0 Å². The molecule has 1 spiro atoms. The van der Waals surface area contributed by atoms with E-state index in [4.69, 9.17) is 14.6 Å². The van der Waals surface area contributed by atoms with Crippen LogP contribution in [0.4, 0.5) is 0 Å². The monoisotopic (exact) mass is 507 g/mol. The summed E-state index contributed by atoms with van der Waals surface area (Å²) in [6, 6.07) is -0.844. The number of carbonyl (C=O) groups is 3. The molecule has 4 fully saturated rings. The van der Waals surface area contributed by atoms with E-state index in [1.807, 2.05) is 0 Å². The lowest BCUT2D eigenvalue weighted by Gasteiger charge is -2.37. The first-order chi connectivity index (χ1) is 17.3. The maximum absolute atomic E-state index is 14.2. The Kier molecular flexibility index (Phi) is 8.38. The largest absolute Gasteiger partial charge is 0.481 e. The third kappa shape index (κ3) is 4.80. The molecule has 0 aliphatic carbocycles. The molecule has 202 valence electrons. The molecule has 0 saturated carbocycles. The molecule has 2 N–H and O–H groups in total. The van der Waals surface area contributed by atoms with Crippen molar-refractivity contribution in [2.45, 2.75) is 62.7 Å². The average molecular weight is 508 g/mol. The molecule has 2 amide bonds. The van der Waals surface area contributed by atoms with E-state index in [0.717, 1.165) is 25.9 Å². The zero-order chi connectivity index (χ0) is 25.9. The van der Waals surface area contributed by atoms with Gasteiger partial charge in [-0.2, -0.15) is 0 Å². The summed E-state index contributed by atoms with van der Waals surface area (Å²) in [4.78, 5) is 45.9. The molecule has 36 heavy (non-hydrogen) atoms. The lowest BCUT2D eigenvalue weighted by Crippen LogP contribution is -2.57. The second kappa shape index (κ2) is 11.2. The molecule has 0 radical (unpaired) electrons. The number of carbonyl (C=O) groups excluding carboxylic acids is 2. The molecule has 4 saturated heterocycles. The summed E-state index contributed by atoms with van der Waals surface area (Å²) < 4.78 is 11.9. The molecule has 2 bridgehead atoms. The number of rotatable bonds is 13. The van der Waals surface area contributed by atoms with Gasteiger partial charge in [-0.05, 0) is 32.6 Å². The highest BCUT2D eigenvalue weighted by Gasteiger charge is 2.78. The van der Waals surface area contributed by atoms with Gasteiger partial charge in [-0.15, -0.1) is 6.58 Å². The number of carboxylic acids is 1. The van der Waals surface area contributed by atoms with Gasteiger partial charge in [0.1, 0.15) is 11.6 Å². The SMILES string of the molecule is C=CCN(CCN1CCOCC1)C(=O)C1N(CCCCCCO)C(=O)[C@@H]2[C@@H](C(=O)O)[C@@]3(C)CCC12O3. The lowest BCUT2D eigenvalue weighted by molar-refractivity contribution is -0.156. The summed E-state index contributed by atoms with van der Waals surface area (Å²) in [5.74, 6) is -3.33. The fraction of sp³-hybridized carbons (Fsp3) is 0.808. The Balaban J connectivity index is 1.59. The van der Waals surface area contributed by atoms with E-state index in [1.54, 1.807) is 22.8 Å². The van der Waals surface area contributed by atoms with Crippen molar-refractivity contribution in [2.24, 2.45) is 11.8 Å². The number of hydrogen-bond donors (Lipinski definition) is 2. The highest BCUT2D eigenvalue weighted by Crippen LogP contribution is 2.63. The third-order valence-electron chi connectivity index (χ3n) is 8.53. The maximum atomic E-state index is 14.2. The molecule has 2 unspecified atom stereocenters. The average Bonchev–Trinajstić information content (AvgIpc) is 3.42. The highest BCUT2D eigenvalue weighted by molar-refractivity contribution is 5.98. The van der Waals surface area contributed by atoms with Crippen LogP contribution in [0.5, 0.6) is 0 Å². The molecule has 4 heterocycles. The van der Waals surface area contributed by atoms with Gasteiger partial charge in [-0.3, -0.25) is 19.3 Å². The van der Waals surface area contributed by atoms with Crippen molar-refractivity contribution >= 4 is 17.8 Å². The number of morpholine rings is 1. The van der Waals surface area contributed by atoms with Crippen molar-refractivity contribution in [1.29, 1.82) is 0 Å². The summed E-state index contributed by atoms with van der Waals surface area (Å²) in [6.07, 6.45) is 5.72. The number of nitrogens with zero attached hydrogens (tertiary/aromatic N) is 3. The first kappa shape index (κ1) is 27.0. The molecule has 10 nitrogen and oxygen atoms in total. The smallest absolute Gasteiger partial charge is 0.310 e. The Morgan fingerprint density at radius 1 is 1.17 bits per heavy atom. The zero-order valence-electron chi connectivity index (χ0n) is 21.4. The normalized spacial score (nSPS) is 33.7. The zero-order valence-corrected chi connectivity index (χ0v) is 21.4. The van der Waals surface area contributed by atoms with Crippen molar-refractivity contribution in [2.75, 3.05) is 59.1 Å². The minimum absolute atomic E-state index is 0.126. The first-order valence-corrected chi connectivity index (χ1v) is 13.3. The number of hydrogen-bond acceptors (Lipinski definition) is 7. The van der Waals surface area contributed by atoms with Gasteiger partial charge in [0.2, 0.25) is 11.8 Å². The van der Waals surface area contributed by atoms with Gasteiger partial charge < -0.3 is 29.5 Å². The third-order valence-corrected chi connectivity index (χ3v) is 8.53. The molecule has 0 aromatic heterocycles. The molecule has 0 aromatic carbocycles. The fourth-order valence-corrected chi connectivity index (χ4v) is 6.78. The molecule has 0 aromatic rings. The first-order valence-electron chi connectivity index (χ1n) is 13.3. The van der Waals surface area contributed by atoms with E-state index in [-0.39, 0.29) is 18.4 Å². The molecule has 5 atom stereocenters. The van der Waals surface area contributed by atoms with Crippen LogP contribution in [0.25, 0.3) is 0 Å². The lowest BCUT2D eigenvalue weighted by atomic mass is 9.66. The van der Waals surface area contributed by atoms with Crippen LogP contribution in [0.3, 0.4) is 0 Å². The summed E-state index contributed by atoms with van der Waals surface area (Å²) >= 11 is 0. The molecular formula is C26H41N3O7. The van der Waals surface area contributed by atoms with Gasteiger partial charge in [-0.25, -0.2) is 0 Å². The van der Waals surface area contributed by atoms with Crippen LogP contribution in [-0.4, -0.2) is 119 Å². The number of ether oxygens (including phenoxy) is 2. The topological polar surface area (TPSA) is 120 Å². The van der Waals surface area contributed by atoms with Gasteiger partial charge in [-0.1, -0.05) is 18.9 Å². The van der Waals surface area contributed by atoms with Gasteiger partial charge in [0.15, 0.2) is 0 Å². The van der Waals surface area contributed by atoms with Crippen LogP contribution < -0.4 is 0 Å². The number of aliphatic carboxylic acids is 1. The van der Waals surface area contributed by atoms with Crippen molar-refractivity contribution in [3.63, 3.8) is 0 Å². The van der Waals surface area contributed by atoms with E-state index in [1.165, 1.54) is 0 Å². The molecule has 4 rings (SSSR count). The predicted molar refractivity (Wildman–Crippen MR) is 131 cm³/mol. The van der Waals surface area contributed by atoms with Crippen molar-refractivity contribution in [3.8, 4) is 0 Å². The van der Waals surface area contributed by atoms with Crippen LogP contribution in [0.1, 0.15) is 45.4 Å². The number of amides is 2. The van der Waals surface area contributed by atoms with Crippen LogP contribution in [0, 0.1) is 11.8 Å². The number of fused-ring (bicyclic) bond motifs is 1. The van der Waals surface area contributed by atoms with E-state index in [9.17, 15) is 19.5 Å². The Morgan fingerprint density at radius 3 is 2.56 bits per heavy atom. The van der Waals surface area contributed by atoms with E-state index in [2.05, 4.69) is 11.5 Å². The molecular weight excluding hydrogens is 466 g/mol. The van der Waals surface area contributed by atoms with Gasteiger partial charge in [0.05, 0.1) is 30.7 Å². The van der Waals surface area contributed by atoms with Crippen molar-refractivity contribution in [1.82, 2.24) is 14.7 Å². The highest BCUT2D eigenvalue weighted by atomic mass is 16.5. The Hall–Kier alpha value is -2.01. The minimum Gasteiger partial charge on any atom is -0.481 e. The van der Waals surface area contributed by atoms with Crippen LogP contribution >= 0.6 is 0 Å².